The van der Waals surface area contributed by atoms with Crippen molar-refractivity contribution in [1.82, 2.24) is 14.7 Å². The molecule has 1 fully saturated rings. The largest absolute Gasteiger partial charge is 0.337 e. The Kier molecular flexibility index (Phi) is 6.25. The SMILES string of the molecule is Cc1ccc(-n2ncc(C(=O)N3CCCC(N)C3)c2C(C)C)cc1.Cl. The quantitative estimate of drug-likeness (QED) is 0.911. The van der Waals surface area contributed by atoms with E-state index in [4.69, 9.17) is 5.73 Å². The first-order chi connectivity index (χ1) is 11.5. The molecular weight excluding hydrogens is 336 g/mol. The van der Waals surface area contributed by atoms with E-state index in [1.807, 2.05) is 21.7 Å². The summed E-state index contributed by atoms with van der Waals surface area (Å²) < 4.78 is 1.89. The van der Waals surface area contributed by atoms with Gasteiger partial charge in [0, 0.05) is 19.1 Å². The van der Waals surface area contributed by atoms with Crippen LogP contribution in [0.4, 0.5) is 0 Å². The average Bonchev–Trinajstić information content (AvgIpc) is 3.00. The number of piperidine rings is 1. The van der Waals surface area contributed by atoms with Crippen molar-refractivity contribution < 1.29 is 4.79 Å². The highest BCUT2D eigenvalue weighted by Crippen LogP contribution is 2.25. The van der Waals surface area contributed by atoms with Crippen molar-refractivity contribution in [3.63, 3.8) is 0 Å². The Morgan fingerprint density at radius 2 is 1.96 bits per heavy atom. The van der Waals surface area contributed by atoms with Gasteiger partial charge in [-0.25, -0.2) is 4.68 Å². The van der Waals surface area contributed by atoms with E-state index in [2.05, 4.69) is 38.0 Å². The predicted molar refractivity (Wildman–Crippen MR) is 103 cm³/mol. The fourth-order valence-electron chi connectivity index (χ4n) is 3.33. The number of halogens is 1. The fourth-order valence-corrected chi connectivity index (χ4v) is 3.33. The van der Waals surface area contributed by atoms with Gasteiger partial charge in [-0.15, -0.1) is 12.4 Å². The molecule has 1 aliphatic heterocycles. The van der Waals surface area contributed by atoms with E-state index < -0.39 is 0 Å². The third kappa shape index (κ3) is 4.05. The summed E-state index contributed by atoms with van der Waals surface area (Å²) in [4.78, 5) is 14.9. The van der Waals surface area contributed by atoms with Gasteiger partial charge in [0.15, 0.2) is 0 Å². The number of nitrogens with zero attached hydrogens (tertiary/aromatic N) is 3. The number of rotatable bonds is 3. The van der Waals surface area contributed by atoms with Gasteiger partial charge in [-0.2, -0.15) is 5.10 Å². The van der Waals surface area contributed by atoms with Crippen LogP contribution in [0, 0.1) is 6.92 Å². The summed E-state index contributed by atoms with van der Waals surface area (Å²) in [5.74, 6) is 0.249. The van der Waals surface area contributed by atoms with E-state index in [0.29, 0.717) is 12.1 Å². The van der Waals surface area contributed by atoms with E-state index in [9.17, 15) is 4.79 Å². The molecule has 2 heterocycles. The number of hydrogen-bond donors (Lipinski definition) is 1. The molecule has 2 N–H and O–H groups in total. The van der Waals surface area contributed by atoms with Crippen LogP contribution in [0.3, 0.4) is 0 Å². The molecule has 3 rings (SSSR count). The Balaban J connectivity index is 0.00000225. The van der Waals surface area contributed by atoms with E-state index in [1.54, 1.807) is 6.20 Å². The fraction of sp³-hybridized carbons (Fsp3) is 0.474. The Morgan fingerprint density at radius 1 is 1.28 bits per heavy atom. The number of benzene rings is 1. The molecule has 1 aliphatic rings. The van der Waals surface area contributed by atoms with Crippen LogP contribution in [0.5, 0.6) is 0 Å². The van der Waals surface area contributed by atoms with Crippen molar-refractivity contribution in [3.8, 4) is 5.69 Å². The molecule has 0 bridgehead atoms. The lowest BCUT2D eigenvalue weighted by Crippen LogP contribution is -2.45. The van der Waals surface area contributed by atoms with Crippen molar-refractivity contribution in [2.75, 3.05) is 13.1 Å². The molecule has 0 aliphatic carbocycles. The first-order valence-electron chi connectivity index (χ1n) is 8.67. The maximum atomic E-state index is 13.0. The second-order valence-electron chi connectivity index (χ2n) is 7.00. The van der Waals surface area contributed by atoms with E-state index >= 15 is 0 Å². The summed E-state index contributed by atoms with van der Waals surface area (Å²) >= 11 is 0. The van der Waals surface area contributed by atoms with E-state index in [-0.39, 0.29) is 30.3 Å². The van der Waals surface area contributed by atoms with Crippen LogP contribution in [0.25, 0.3) is 5.69 Å². The number of nitrogens with two attached hydrogens (primary N) is 1. The second kappa shape index (κ2) is 8.02. The molecule has 1 unspecified atom stereocenters. The molecule has 1 amide bonds. The van der Waals surface area contributed by atoms with Gasteiger partial charge in [0.25, 0.3) is 5.91 Å². The van der Waals surface area contributed by atoms with Crippen LogP contribution < -0.4 is 5.73 Å². The molecule has 6 heteroatoms. The zero-order chi connectivity index (χ0) is 17.3. The lowest BCUT2D eigenvalue weighted by molar-refractivity contribution is 0.0707. The van der Waals surface area contributed by atoms with Crippen LogP contribution in [0.15, 0.2) is 30.5 Å². The molecule has 0 radical (unpaired) electrons. The molecule has 136 valence electrons. The van der Waals surface area contributed by atoms with Crippen molar-refractivity contribution >= 4 is 18.3 Å². The van der Waals surface area contributed by atoms with Crippen LogP contribution in [-0.4, -0.2) is 39.7 Å². The Labute approximate surface area is 155 Å². The van der Waals surface area contributed by atoms with E-state index in [0.717, 1.165) is 30.8 Å². The van der Waals surface area contributed by atoms with Gasteiger partial charge in [-0.3, -0.25) is 4.79 Å². The number of carbonyl (C=O) groups excluding carboxylic acids is 1. The Bertz CT molecular complexity index is 724. The molecule has 1 aromatic carbocycles. The minimum absolute atomic E-state index is 0. The number of aromatic nitrogens is 2. The molecule has 1 atom stereocenters. The first-order valence-corrected chi connectivity index (χ1v) is 8.67. The van der Waals surface area contributed by atoms with Gasteiger partial charge < -0.3 is 10.6 Å². The molecule has 1 aromatic heterocycles. The van der Waals surface area contributed by atoms with Crippen LogP contribution >= 0.6 is 12.4 Å². The molecule has 0 saturated carbocycles. The number of likely N-dealkylation sites (tertiary alicyclic amines) is 1. The Morgan fingerprint density at radius 3 is 2.56 bits per heavy atom. The monoisotopic (exact) mass is 362 g/mol. The maximum Gasteiger partial charge on any atom is 0.257 e. The van der Waals surface area contributed by atoms with Crippen molar-refractivity contribution in [1.29, 1.82) is 0 Å². The molecular formula is C19H27ClN4O. The third-order valence-electron chi connectivity index (χ3n) is 4.61. The zero-order valence-electron chi connectivity index (χ0n) is 15.1. The van der Waals surface area contributed by atoms with Gasteiger partial charge >= 0.3 is 0 Å². The van der Waals surface area contributed by atoms with Gasteiger partial charge in [-0.1, -0.05) is 31.5 Å². The minimum atomic E-state index is 0. The number of amides is 1. The summed E-state index contributed by atoms with van der Waals surface area (Å²) in [6, 6.07) is 8.29. The highest BCUT2D eigenvalue weighted by molar-refractivity contribution is 5.95. The summed E-state index contributed by atoms with van der Waals surface area (Å²) in [5.41, 5.74) is 9.88. The standard InChI is InChI=1S/C19H26N4O.ClH/c1-13(2)18-17(19(24)22-10-4-5-15(20)12-22)11-21-23(18)16-8-6-14(3)7-9-16;/h6-9,11,13,15H,4-5,10,12,20H2,1-3H3;1H. The van der Waals surface area contributed by atoms with E-state index in [1.165, 1.54) is 5.56 Å². The first kappa shape index (κ1) is 19.5. The van der Waals surface area contributed by atoms with Crippen LogP contribution in [-0.2, 0) is 0 Å². The van der Waals surface area contributed by atoms with Gasteiger partial charge in [0.2, 0.25) is 0 Å². The van der Waals surface area contributed by atoms with Gasteiger partial charge in [0.1, 0.15) is 0 Å². The van der Waals surface area contributed by atoms with Crippen molar-refractivity contribution in [2.45, 2.75) is 45.6 Å². The Hall–Kier alpha value is -1.85. The highest BCUT2D eigenvalue weighted by Gasteiger charge is 2.27. The van der Waals surface area contributed by atoms with Crippen molar-refractivity contribution in [3.05, 3.63) is 47.3 Å². The summed E-state index contributed by atoms with van der Waals surface area (Å²) in [5, 5.41) is 4.51. The average molecular weight is 363 g/mol. The zero-order valence-corrected chi connectivity index (χ0v) is 15.9. The van der Waals surface area contributed by atoms with Gasteiger partial charge in [0.05, 0.1) is 23.1 Å². The normalized spacial score (nSPS) is 17.5. The number of carbonyl (C=O) groups is 1. The predicted octanol–water partition coefficient (Wildman–Crippen LogP) is 3.29. The minimum Gasteiger partial charge on any atom is -0.337 e. The lowest BCUT2D eigenvalue weighted by atomic mass is 10.0. The van der Waals surface area contributed by atoms with Crippen molar-refractivity contribution in [2.24, 2.45) is 5.73 Å². The molecule has 1 saturated heterocycles. The topological polar surface area (TPSA) is 64.2 Å². The maximum absolute atomic E-state index is 13.0. The molecule has 5 nitrogen and oxygen atoms in total. The lowest BCUT2D eigenvalue weighted by Gasteiger charge is -2.31. The molecule has 25 heavy (non-hydrogen) atoms. The second-order valence-corrected chi connectivity index (χ2v) is 7.00. The highest BCUT2D eigenvalue weighted by atomic mass is 35.5. The smallest absolute Gasteiger partial charge is 0.257 e. The summed E-state index contributed by atoms with van der Waals surface area (Å²) in [6.07, 6.45) is 3.66. The number of hydrogen-bond acceptors (Lipinski definition) is 3. The number of aryl methyl sites for hydroxylation is 1. The van der Waals surface area contributed by atoms with Gasteiger partial charge in [-0.05, 0) is 37.8 Å². The summed E-state index contributed by atoms with van der Waals surface area (Å²) in [6.45, 7) is 7.66. The molecule has 0 spiro atoms. The van der Waals surface area contributed by atoms with Crippen LogP contribution in [0.1, 0.15) is 54.2 Å². The third-order valence-corrected chi connectivity index (χ3v) is 4.61. The molecule has 2 aromatic rings. The van der Waals surface area contributed by atoms with Crippen LogP contribution in [0.2, 0.25) is 0 Å². The summed E-state index contributed by atoms with van der Waals surface area (Å²) in [7, 11) is 0.